The maximum atomic E-state index is 11.6. The number of carboxylic acid groups (broad SMARTS) is 1. The summed E-state index contributed by atoms with van der Waals surface area (Å²) in [5.74, 6) is -1.12. The van der Waals surface area contributed by atoms with Gasteiger partial charge in [0.15, 0.2) is 5.69 Å². The predicted octanol–water partition coefficient (Wildman–Crippen LogP) is 0.990. The van der Waals surface area contributed by atoms with Gasteiger partial charge in [0.05, 0.1) is 11.7 Å². The zero-order valence-electron chi connectivity index (χ0n) is 11.7. The molecule has 1 aliphatic carbocycles. The third kappa shape index (κ3) is 3.25. The lowest BCUT2D eigenvalue weighted by atomic mass is 10.2. The molecule has 0 atom stereocenters. The molecule has 1 aliphatic rings. The first-order valence-electron chi connectivity index (χ1n) is 6.35. The summed E-state index contributed by atoms with van der Waals surface area (Å²) in [6, 6.07) is 0. The van der Waals surface area contributed by atoms with Gasteiger partial charge in [-0.1, -0.05) is 5.21 Å². The van der Waals surface area contributed by atoms with Crippen LogP contribution in [0.2, 0.25) is 0 Å². The number of carbonyl (C=O) groups is 2. The van der Waals surface area contributed by atoms with Gasteiger partial charge in [0, 0.05) is 6.54 Å². The minimum Gasteiger partial charge on any atom is -0.476 e. The lowest BCUT2D eigenvalue weighted by Gasteiger charge is -2.21. The molecule has 110 valence electrons. The standard InChI is InChI=1S/C12H18N4O4/c1-11(2,3)20-10(19)13-7-12(4-5-12)16-6-8(9(17)18)14-15-16/h6H,4-5,7H2,1-3H3,(H,13,19)(H,17,18). The van der Waals surface area contributed by atoms with Gasteiger partial charge in [-0.15, -0.1) is 5.10 Å². The van der Waals surface area contributed by atoms with Crippen LogP contribution in [-0.4, -0.2) is 44.3 Å². The SMILES string of the molecule is CC(C)(C)OC(=O)NCC1(n2cc(C(=O)O)nn2)CC1. The van der Waals surface area contributed by atoms with E-state index in [0.717, 1.165) is 12.8 Å². The molecule has 0 saturated heterocycles. The molecule has 1 amide bonds. The first-order valence-corrected chi connectivity index (χ1v) is 6.35. The third-order valence-electron chi connectivity index (χ3n) is 2.99. The maximum absolute atomic E-state index is 11.6. The summed E-state index contributed by atoms with van der Waals surface area (Å²) in [5, 5.41) is 18.9. The zero-order chi connectivity index (χ0) is 15.0. The molecule has 0 spiro atoms. The van der Waals surface area contributed by atoms with Gasteiger partial charge < -0.3 is 15.2 Å². The molecule has 0 aliphatic heterocycles. The average molecular weight is 282 g/mol. The van der Waals surface area contributed by atoms with E-state index in [0.29, 0.717) is 6.54 Å². The van der Waals surface area contributed by atoms with Crippen molar-refractivity contribution in [2.75, 3.05) is 6.54 Å². The Labute approximate surface area is 116 Å². The van der Waals surface area contributed by atoms with Gasteiger partial charge in [-0.2, -0.15) is 0 Å². The predicted molar refractivity (Wildman–Crippen MR) is 68.4 cm³/mol. The lowest BCUT2D eigenvalue weighted by molar-refractivity contribution is 0.0515. The van der Waals surface area contributed by atoms with E-state index < -0.39 is 17.7 Å². The van der Waals surface area contributed by atoms with Crippen molar-refractivity contribution in [3.63, 3.8) is 0 Å². The number of carboxylic acids is 1. The molecule has 8 heteroatoms. The number of rotatable bonds is 4. The van der Waals surface area contributed by atoms with E-state index in [4.69, 9.17) is 9.84 Å². The molecule has 0 radical (unpaired) electrons. The van der Waals surface area contributed by atoms with Crippen LogP contribution >= 0.6 is 0 Å². The zero-order valence-corrected chi connectivity index (χ0v) is 11.7. The van der Waals surface area contributed by atoms with E-state index in [9.17, 15) is 9.59 Å². The number of aromatic nitrogens is 3. The van der Waals surface area contributed by atoms with Gasteiger partial charge in [0.2, 0.25) is 0 Å². The minimum atomic E-state index is -1.12. The molecule has 2 rings (SSSR count). The van der Waals surface area contributed by atoms with Crippen LogP contribution in [0.4, 0.5) is 4.79 Å². The molecule has 1 aromatic heterocycles. The molecule has 1 heterocycles. The second-order valence-corrected chi connectivity index (χ2v) is 5.93. The number of amides is 1. The molecular formula is C12H18N4O4. The van der Waals surface area contributed by atoms with Gasteiger partial charge in [-0.3, -0.25) is 0 Å². The molecule has 1 fully saturated rings. The van der Waals surface area contributed by atoms with Crippen molar-refractivity contribution in [3.05, 3.63) is 11.9 Å². The summed E-state index contributed by atoms with van der Waals surface area (Å²) in [5.41, 5.74) is -1.03. The van der Waals surface area contributed by atoms with Crippen LogP contribution in [0.15, 0.2) is 6.20 Å². The summed E-state index contributed by atoms with van der Waals surface area (Å²) in [6.45, 7) is 5.70. The molecule has 1 saturated carbocycles. The Hall–Kier alpha value is -2.12. The molecule has 1 aromatic rings. The Morgan fingerprint density at radius 3 is 2.60 bits per heavy atom. The Balaban J connectivity index is 1.95. The second-order valence-electron chi connectivity index (χ2n) is 5.93. The Morgan fingerprint density at radius 2 is 2.15 bits per heavy atom. The molecule has 0 aromatic carbocycles. The van der Waals surface area contributed by atoms with Crippen molar-refractivity contribution >= 4 is 12.1 Å². The average Bonchev–Trinajstić information content (AvgIpc) is 2.92. The van der Waals surface area contributed by atoms with Gasteiger partial charge in [0.1, 0.15) is 5.60 Å². The van der Waals surface area contributed by atoms with Gasteiger partial charge in [-0.05, 0) is 33.6 Å². The smallest absolute Gasteiger partial charge is 0.407 e. The van der Waals surface area contributed by atoms with Gasteiger partial charge in [0.25, 0.3) is 0 Å². The van der Waals surface area contributed by atoms with Gasteiger partial charge in [-0.25, -0.2) is 14.3 Å². The topological polar surface area (TPSA) is 106 Å². The Morgan fingerprint density at radius 1 is 1.50 bits per heavy atom. The number of alkyl carbamates (subject to hydrolysis) is 1. The normalized spacial score (nSPS) is 16.6. The van der Waals surface area contributed by atoms with E-state index in [1.54, 1.807) is 20.8 Å². The summed E-state index contributed by atoms with van der Waals surface area (Å²) >= 11 is 0. The largest absolute Gasteiger partial charge is 0.476 e. The maximum Gasteiger partial charge on any atom is 0.407 e. The number of nitrogens with zero attached hydrogens (tertiary/aromatic N) is 3. The van der Waals surface area contributed by atoms with Crippen molar-refractivity contribution < 1.29 is 19.4 Å². The van der Waals surface area contributed by atoms with Crippen molar-refractivity contribution in [3.8, 4) is 0 Å². The number of nitrogens with one attached hydrogen (secondary N) is 1. The van der Waals surface area contributed by atoms with Crippen LogP contribution in [0.5, 0.6) is 0 Å². The second kappa shape index (κ2) is 4.77. The fraction of sp³-hybridized carbons (Fsp3) is 0.667. The Bertz CT molecular complexity index is 528. The van der Waals surface area contributed by atoms with E-state index in [1.165, 1.54) is 10.9 Å². The molecule has 0 bridgehead atoms. The highest BCUT2D eigenvalue weighted by Gasteiger charge is 2.46. The molecule has 0 unspecified atom stereocenters. The van der Waals surface area contributed by atoms with E-state index >= 15 is 0 Å². The van der Waals surface area contributed by atoms with Crippen LogP contribution in [0, 0.1) is 0 Å². The van der Waals surface area contributed by atoms with E-state index in [2.05, 4.69) is 15.6 Å². The van der Waals surface area contributed by atoms with Crippen LogP contribution in [0.1, 0.15) is 44.1 Å². The first-order chi connectivity index (χ1) is 9.22. The first kappa shape index (κ1) is 14.3. The number of ether oxygens (including phenoxy) is 1. The summed E-state index contributed by atoms with van der Waals surface area (Å²) in [6.07, 6.45) is 2.50. The van der Waals surface area contributed by atoms with E-state index in [1.807, 2.05) is 0 Å². The highest BCUT2D eigenvalue weighted by Crippen LogP contribution is 2.42. The summed E-state index contributed by atoms with van der Waals surface area (Å²) < 4.78 is 6.66. The van der Waals surface area contributed by atoms with Crippen molar-refractivity contribution in [2.45, 2.75) is 44.8 Å². The van der Waals surface area contributed by atoms with Crippen molar-refractivity contribution in [1.29, 1.82) is 0 Å². The minimum absolute atomic E-state index is 0.103. The van der Waals surface area contributed by atoms with Gasteiger partial charge >= 0.3 is 12.1 Å². The highest BCUT2D eigenvalue weighted by molar-refractivity contribution is 5.84. The van der Waals surface area contributed by atoms with Crippen LogP contribution in [-0.2, 0) is 10.3 Å². The highest BCUT2D eigenvalue weighted by atomic mass is 16.6. The molecular weight excluding hydrogens is 264 g/mol. The monoisotopic (exact) mass is 282 g/mol. The van der Waals surface area contributed by atoms with Crippen molar-refractivity contribution in [1.82, 2.24) is 20.3 Å². The summed E-state index contributed by atoms with van der Waals surface area (Å²) in [4.78, 5) is 22.4. The molecule has 8 nitrogen and oxygen atoms in total. The van der Waals surface area contributed by atoms with E-state index in [-0.39, 0.29) is 11.2 Å². The number of aromatic carboxylic acids is 1. The fourth-order valence-electron chi connectivity index (χ4n) is 1.78. The number of hydrogen-bond acceptors (Lipinski definition) is 5. The van der Waals surface area contributed by atoms with Crippen molar-refractivity contribution in [2.24, 2.45) is 0 Å². The number of hydrogen-bond donors (Lipinski definition) is 2. The van der Waals surface area contributed by atoms with Crippen LogP contribution in [0.25, 0.3) is 0 Å². The van der Waals surface area contributed by atoms with Crippen LogP contribution in [0.3, 0.4) is 0 Å². The number of carbonyl (C=O) groups excluding carboxylic acids is 1. The fourth-order valence-corrected chi connectivity index (χ4v) is 1.78. The van der Waals surface area contributed by atoms with Crippen LogP contribution < -0.4 is 5.32 Å². The molecule has 20 heavy (non-hydrogen) atoms. The lowest BCUT2D eigenvalue weighted by Crippen LogP contribution is -2.39. The molecule has 2 N–H and O–H groups in total. The summed E-state index contributed by atoms with van der Waals surface area (Å²) in [7, 11) is 0. The Kier molecular flexibility index (Phi) is 3.41. The third-order valence-corrected chi connectivity index (χ3v) is 2.99. The quantitative estimate of drug-likeness (QED) is 0.853.